The molecule has 1 saturated heterocycles. The number of halogens is 1. The zero-order valence-corrected chi connectivity index (χ0v) is 11.4. The number of hydrogen-bond donors (Lipinski definition) is 0. The third-order valence-corrected chi connectivity index (χ3v) is 3.91. The average Bonchev–Trinajstić information content (AvgIpc) is 2.42. The summed E-state index contributed by atoms with van der Waals surface area (Å²) in [5.41, 5.74) is 1.26. The van der Waals surface area contributed by atoms with Gasteiger partial charge in [-0.05, 0) is 56.5 Å². The SMILES string of the molecule is CCCC(Cc1ccc(F)cc1)N1CCCCC1. The van der Waals surface area contributed by atoms with E-state index in [1.54, 1.807) is 12.1 Å². The van der Waals surface area contributed by atoms with E-state index in [2.05, 4.69) is 11.8 Å². The Morgan fingerprint density at radius 3 is 2.39 bits per heavy atom. The summed E-state index contributed by atoms with van der Waals surface area (Å²) in [7, 11) is 0. The Morgan fingerprint density at radius 2 is 1.78 bits per heavy atom. The zero-order valence-electron chi connectivity index (χ0n) is 11.4. The van der Waals surface area contributed by atoms with Gasteiger partial charge in [0.15, 0.2) is 0 Å². The summed E-state index contributed by atoms with van der Waals surface area (Å²) >= 11 is 0. The Labute approximate surface area is 110 Å². The summed E-state index contributed by atoms with van der Waals surface area (Å²) in [5.74, 6) is -0.135. The molecule has 0 spiro atoms. The van der Waals surface area contributed by atoms with E-state index < -0.39 is 0 Å². The second-order valence-corrected chi connectivity index (χ2v) is 5.37. The first-order chi connectivity index (χ1) is 8.79. The topological polar surface area (TPSA) is 3.24 Å². The molecular formula is C16H24FN. The zero-order chi connectivity index (χ0) is 12.8. The van der Waals surface area contributed by atoms with Gasteiger partial charge in [-0.15, -0.1) is 0 Å². The molecule has 0 aromatic heterocycles. The minimum atomic E-state index is -0.135. The van der Waals surface area contributed by atoms with Crippen molar-refractivity contribution in [2.24, 2.45) is 0 Å². The van der Waals surface area contributed by atoms with Gasteiger partial charge in [0.05, 0.1) is 0 Å². The summed E-state index contributed by atoms with van der Waals surface area (Å²) in [5, 5.41) is 0. The molecule has 0 radical (unpaired) electrons. The van der Waals surface area contributed by atoms with Crippen molar-refractivity contribution in [3.8, 4) is 0 Å². The molecule has 1 unspecified atom stereocenters. The number of nitrogens with zero attached hydrogens (tertiary/aromatic N) is 1. The van der Waals surface area contributed by atoms with E-state index in [9.17, 15) is 4.39 Å². The van der Waals surface area contributed by atoms with Crippen LogP contribution in [0.1, 0.15) is 44.6 Å². The molecule has 2 heteroatoms. The lowest BCUT2D eigenvalue weighted by Gasteiger charge is -2.34. The van der Waals surface area contributed by atoms with Gasteiger partial charge in [-0.1, -0.05) is 31.9 Å². The molecule has 1 aromatic carbocycles. The third-order valence-electron chi connectivity index (χ3n) is 3.91. The van der Waals surface area contributed by atoms with Crippen molar-refractivity contribution >= 4 is 0 Å². The normalized spacial score (nSPS) is 18.8. The predicted molar refractivity (Wildman–Crippen MR) is 74.2 cm³/mol. The molecule has 1 aliphatic rings. The van der Waals surface area contributed by atoms with E-state index in [0.717, 1.165) is 6.42 Å². The Morgan fingerprint density at radius 1 is 1.11 bits per heavy atom. The molecule has 0 N–H and O–H groups in total. The van der Waals surface area contributed by atoms with Crippen LogP contribution in [-0.2, 0) is 6.42 Å². The Bertz CT molecular complexity index is 341. The van der Waals surface area contributed by atoms with Gasteiger partial charge >= 0.3 is 0 Å². The Kier molecular flexibility index (Phi) is 5.18. The van der Waals surface area contributed by atoms with Gasteiger partial charge in [-0.2, -0.15) is 0 Å². The van der Waals surface area contributed by atoms with Crippen molar-refractivity contribution in [1.29, 1.82) is 0 Å². The summed E-state index contributed by atoms with van der Waals surface area (Å²) < 4.78 is 12.9. The standard InChI is InChI=1S/C16H24FN/c1-2-6-16(18-11-4-3-5-12-18)13-14-7-9-15(17)10-8-14/h7-10,16H,2-6,11-13H2,1H3. The van der Waals surface area contributed by atoms with E-state index in [1.807, 2.05) is 12.1 Å². The van der Waals surface area contributed by atoms with Crippen molar-refractivity contribution in [3.05, 3.63) is 35.6 Å². The van der Waals surface area contributed by atoms with Gasteiger partial charge in [0.25, 0.3) is 0 Å². The maximum atomic E-state index is 12.9. The number of rotatable bonds is 5. The molecule has 1 aromatic rings. The van der Waals surface area contributed by atoms with Crippen LogP contribution >= 0.6 is 0 Å². The van der Waals surface area contributed by atoms with Crippen LogP contribution in [0.25, 0.3) is 0 Å². The fourth-order valence-corrected chi connectivity index (χ4v) is 2.92. The first-order valence-electron chi connectivity index (χ1n) is 7.28. The van der Waals surface area contributed by atoms with Gasteiger partial charge in [0.2, 0.25) is 0 Å². The second-order valence-electron chi connectivity index (χ2n) is 5.37. The molecular weight excluding hydrogens is 225 g/mol. The van der Waals surface area contributed by atoms with Crippen LogP contribution in [0.2, 0.25) is 0 Å². The van der Waals surface area contributed by atoms with Crippen LogP contribution < -0.4 is 0 Å². The summed E-state index contributed by atoms with van der Waals surface area (Å²) in [6, 6.07) is 7.66. The van der Waals surface area contributed by atoms with Gasteiger partial charge in [-0.25, -0.2) is 4.39 Å². The fourth-order valence-electron chi connectivity index (χ4n) is 2.92. The summed E-state index contributed by atoms with van der Waals surface area (Å²) in [6.07, 6.45) is 7.59. The second kappa shape index (κ2) is 6.89. The fraction of sp³-hybridized carbons (Fsp3) is 0.625. The molecule has 1 nitrogen and oxygen atoms in total. The smallest absolute Gasteiger partial charge is 0.123 e. The predicted octanol–water partition coefficient (Wildman–Crippen LogP) is 4.02. The van der Waals surface area contributed by atoms with Gasteiger partial charge in [0.1, 0.15) is 5.82 Å². The monoisotopic (exact) mass is 249 g/mol. The maximum absolute atomic E-state index is 12.9. The highest BCUT2D eigenvalue weighted by Crippen LogP contribution is 2.19. The van der Waals surface area contributed by atoms with Crippen LogP contribution in [0.4, 0.5) is 4.39 Å². The minimum absolute atomic E-state index is 0.135. The lowest BCUT2D eigenvalue weighted by Crippen LogP contribution is -2.40. The number of piperidine rings is 1. The van der Waals surface area contributed by atoms with Gasteiger partial charge < -0.3 is 4.90 Å². The van der Waals surface area contributed by atoms with E-state index in [4.69, 9.17) is 0 Å². The molecule has 1 atom stereocenters. The van der Waals surface area contributed by atoms with E-state index in [-0.39, 0.29) is 5.82 Å². The Hall–Kier alpha value is -0.890. The van der Waals surface area contributed by atoms with Crippen LogP contribution in [0.3, 0.4) is 0 Å². The Balaban J connectivity index is 1.98. The molecule has 1 heterocycles. The van der Waals surface area contributed by atoms with Crippen molar-refractivity contribution < 1.29 is 4.39 Å². The average molecular weight is 249 g/mol. The van der Waals surface area contributed by atoms with Crippen molar-refractivity contribution in [2.45, 2.75) is 51.5 Å². The molecule has 0 amide bonds. The molecule has 0 bridgehead atoms. The number of likely N-dealkylation sites (tertiary alicyclic amines) is 1. The quantitative estimate of drug-likeness (QED) is 0.761. The molecule has 0 aliphatic carbocycles. The minimum Gasteiger partial charge on any atom is -0.300 e. The summed E-state index contributed by atoms with van der Waals surface area (Å²) in [4.78, 5) is 2.64. The van der Waals surface area contributed by atoms with Crippen molar-refractivity contribution in [3.63, 3.8) is 0 Å². The largest absolute Gasteiger partial charge is 0.300 e. The lowest BCUT2D eigenvalue weighted by atomic mass is 9.98. The van der Waals surface area contributed by atoms with Gasteiger partial charge in [0, 0.05) is 6.04 Å². The van der Waals surface area contributed by atoms with E-state index in [1.165, 1.54) is 50.8 Å². The molecule has 18 heavy (non-hydrogen) atoms. The van der Waals surface area contributed by atoms with Crippen LogP contribution in [0.15, 0.2) is 24.3 Å². The maximum Gasteiger partial charge on any atom is 0.123 e. The highest BCUT2D eigenvalue weighted by atomic mass is 19.1. The molecule has 1 aliphatic heterocycles. The van der Waals surface area contributed by atoms with Crippen molar-refractivity contribution in [2.75, 3.05) is 13.1 Å². The molecule has 2 rings (SSSR count). The lowest BCUT2D eigenvalue weighted by molar-refractivity contribution is 0.153. The van der Waals surface area contributed by atoms with E-state index in [0.29, 0.717) is 6.04 Å². The first kappa shape index (κ1) is 13.5. The molecule has 0 saturated carbocycles. The van der Waals surface area contributed by atoms with Crippen molar-refractivity contribution in [1.82, 2.24) is 4.90 Å². The van der Waals surface area contributed by atoms with Crippen LogP contribution in [0, 0.1) is 5.82 Å². The number of benzene rings is 1. The highest BCUT2D eigenvalue weighted by Gasteiger charge is 2.20. The van der Waals surface area contributed by atoms with Crippen LogP contribution in [0.5, 0.6) is 0 Å². The number of hydrogen-bond acceptors (Lipinski definition) is 1. The first-order valence-corrected chi connectivity index (χ1v) is 7.28. The molecule has 1 fully saturated rings. The highest BCUT2D eigenvalue weighted by molar-refractivity contribution is 5.17. The summed E-state index contributed by atoms with van der Waals surface area (Å²) in [6.45, 7) is 4.74. The van der Waals surface area contributed by atoms with Crippen LogP contribution in [-0.4, -0.2) is 24.0 Å². The molecule has 100 valence electrons. The van der Waals surface area contributed by atoms with Gasteiger partial charge in [-0.3, -0.25) is 0 Å². The van der Waals surface area contributed by atoms with E-state index >= 15 is 0 Å². The third kappa shape index (κ3) is 3.81.